The van der Waals surface area contributed by atoms with Crippen LogP contribution in [0.2, 0.25) is 0 Å². The molecule has 1 aromatic rings. The van der Waals surface area contributed by atoms with Gasteiger partial charge in [-0.3, -0.25) is 11.3 Å². The molecule has 4 heteroatoms. The molecule has 3 N–H and O–H groups in total. The van der Waals surface area contributed by atoms with Crippen LogP contribution in [0.1, 0.15) is 12.0 Å². The monoisotopic (exact) mass is 200 g/mol. The third kappa shape index (κ3) is 3.85. The van der Waals surface area contributed by atoms with Crippen molar-refractivity contribution in [1.29, 1.82) is 0 Å². The van der Waals surface area contributed by atoms with Crippen molar-refractivity contribution in [3.8, 4) is 0 Å². The van der Waals surface area contributed by atoms with Crippen LogP contribution in [0.15, 0.2) is 23.0 Å². The average Bonchev–Trinajstić information content (AvgIpc) is 2.64. The summed E-state index contributed by atoms with van der Waals surface area (Å²) in [5.74, 6) is 6.57. The van der Waals surface area contributed by atoms with Crippen molar-refractivity contribution in [2.24, 2.45) is 5.84 Å². The fourth-order valence-electron chi connectivity index (χ4n) is 1.20. The van der Waals surface area contributed by atoms with Gasteiger partial charge in [0.2, 0.25) is 0 Å². The molecule has 13 heavy (non-hydrogen) atoms. The van der Waals surface area contributed by atoms with Gasteiger partial charge in [-0.2, -0.15) is 11.8 Å². The quantitative estimate of drug-likeness (QED) is 0.538. The summed E-state index contributed by atoms with van der Waals surface area (Å²) in [4.78, 5) is 0. The van der Waals surface area contributed by atoms with Crippen molar-refractivity contribution in [3.63, 3.8) is 0 Å². The van der Waals surface area contributed by atoms with Crippen LogP contribution in [0, 0.1) is 0 Å². The van der Waals surface area contributed by atoms with E-state index >= 15 is 0 Å². The fraction of sp³-hybridized carbons (Fsp3) is 0.556. The van der Waals surface area contributed by atoms with E-state index in [2.05, 4.69) is 11.7 Å². The number of furan rings is 1. The molecule has 0 fully saturated rings. The van der Waals surface area contributed by atoms with Crippen LogP contribution in [-0.4, -0.2) is 18.1 Å². The van der Waals surface area contributed by atoms with E-state index in [9.17, 15) is 0 Å². The second kappa shape index (κ2) is 6.07. The van der Waals surface area contributed by atoms with Crippen LogP contribution < -0.4 is 11.3 Å². The summed E-state index contributed by atoms with van der Waals surface area (Å²) in [6, 6.07) is 2.33. The van der Waals surface area contributed by atoms with Crippen molar-refractivity contribution in [2.45, 2.75) is 18.9 Å². The summed E-state index contributed by atoms with van der Waals surface area (Å²) >= 11 is 1.84. The van der Waals surface area contributed by atoms with E-state index in [1.807, 2.05) is 17.8 Å². The molecule has 0 radical (unpaired) electrons. The number of thioether (sulfide) groups is 1. The van der Waals surface area contributed by atoms with Gasteiger partial charge in [-0.25, -0.2) is 0 Å². The zero-order valence-corrected chi connectivity index (χ0v) is 8.64. The molecule has 0 bridgehead atoms. The number of nitrogens with two attached hydrogens (primary N) is 1. The SMILES string of the molecule is CSCCC(Cc1ccoc1)NN. The zero-order chi connectivity index (χ0) is 9.52. The highest BCUT2D eigenvalue weighted by molar-refractivity contribution is 7.98. The Bertz CT molecular complexity index is 213. The van der Waals surface area contributed by atoms with E-state index in [0.29, 0.717) is 6.04 Å². The molecule has 1 aromatic heterocycles. The number of hydrogen-bond acceptors (Lipinski definition) is 4. The Labute approximate surface area is 83.0 Å². The van der Waals surface area contributed by atoms with Gasteiger partial charge in [0.25, 0.3) is 0 Å². The van der Waals surface area contributed by atoms with Crippen LogP contribution >= 0.6 is 11.8 Å². The van der Waals surface area contributed by atoms with Crippen LogP contribution in [0.4, 0.5) is 0 Å². The molecule has 3 nitrogen and oxygen atoms in total. The van der Waals surface area contributed by atoms with Gasteiger partial charge in [0.1, 0.15) is 0 Å². The van der Waals surface area contributed by atoms with Crippen molar-refractivity contribution < 1.29 is 4.42 Å². The van der Waals surface area contributed by atoms with E-state index in [1.54, 1.807) is 12.5 Å². The predicted octanol–water partition coefficient (Wildman–Crippen LogP) is 1.41. The van der Waals surface area contributed by atoms with Crippen molar-refractivity contribution in [2.75, 3.05) is 12.0 Å². The number of nitrogens with one attached hydrogen (secondary N) is 1. The van der Waals surface area contributed by atoms with Crippen molar-refractivity contribution >= 4 is 11.8 Å². The molecular weight excluding hydrogens is 184 g/mol. The van der Waals surface area contributed by atoms with E-state index in [4.69, 9.17) is 10.3 Å². The molecule has 0 aromatic carbocycles. The van der Waals surface area contributed by atoms with E-state index in [0.717, 1.165) is 18.6 Å². The highest BCUT2D eigenvalue weighted by Gasteiger charge is 2.07. The van der Waals surface area contributed by atoms with Crippen LogP contribution in [0.5, 0.6) is 0 Å². The van der Waals surface area contributed by atoms with Gasteiger partial charge < -0.3 is 4.42 Å². The van der Waals surface area contributed by atoms with E-state index in [-0.39, 0.29) is 0 Å². The molecular formula is C9H16N2OS. The Hall–Kier alpha value is -0.450. The summed E-state index contributed by atoms with van der Waals surface area (Å²) < 4.78 is 4.99. The summed E-state index contributed by atoms with van der Waals surface area (Å²) in [5, 5.41) is 0. The van der Waals surface area contributed by atoms with Crippen molar-refractivity contribution in [3.05, 3.63) is 24.2 Å². The molecule has 1 unspecified atom stereocenters. The largest absolute Gasteiger partial charge is 0.472 e. The lowest BCUT2D eigenvalue weighted by molar-refractivity contribution is 0.507. The predicted molar refractivity (Wildman–Crippen MR) is 56.5 cm³/mol. The fourth-order valence-corrected chi connectivity index (χ4v) is 1.72. The number of hydrogen-bond donors (Lipinski definition) is 2. The zero-order valence-electron chi connectivity index (χ0n) is 7.82. The van der Waals surface area contributed by atoms with Crippen LogP contribution in [0.3, 0.4) is 0 Å². The van der Waals surface area contributed by atoms with Gasteiger partial charge in [-0.1, -0.05) is 0 Å². The summed E-state index contributed by atoms with van der Waals surface area (Å²) in [7, 11) is 0. The van der Waals surface area contributed by atoms with E-state index in [1.165, 1.54) is 5.56 Å². The standard InChI is InChI=1S/C9H16N2OS/c1-13-5-3-9(11-10)6-8-2-4-12-7-8/h2,4,7,9,11H,3,5-6,10H2,1H3. The molecule has 0 aliphatic carbocycles. The molecule has 1 heterocycles. The smallest absolute Gasteiger partial charge is 0.0935 e. The second-order valence-corrected chi connectivity index (χ2v) is 3.97. The maximum absolute atomic E-state index is 5.44. The summed E-state index contributed by atoms with van der Waals surface area (Å²) in [6.07, 6.45) is 7.59. The lowest BCUT2D eigenvalue weighted by atomic mass is 10.1. The van der Waals surface area contributed by atoms with Gasteiger partial charge in [-0.05, 0) is 36.5 Å². The van der Waals surface area contributed by atoms with Crippen LogP contribution in [0.25, 0.3) is 0 Å². The average molecular weight is 200 g/mol. The first-order valence-electron chi connectivity index (χ1n) is 4.33. The molecule has 0 saturated heterocycles. The van der Waals surface area contributed by atoms with Crippen molar-refractivity contribution in [1.82, 2.24) is 5.43 Å². The number of hydrazine groups is 1. The number of rotatable bonds is 6. The Kier molecular flexibility index (Phi) is 4.97. The lowest BCUT2D eigenvalue weighted by Crippen LogP contribution is -2.37. The first kappa shape index (κ1) is 10.6. The minimum Gasteiger partial charge on any atom is -0.472 e. The molecule has 74 valence electrons. The first-order valence-corrected chi connectivity index (χ1v) is 5.72. The van der Waals surface area contributed by atoms with Crippen LogP contribution in [-0.2, 0) is 6.42 Å². The topological polar surface area (TPSA) is 51.2 Å². The lowest BCUT2D eigenvalue weighted by Gasteiger charge is -2.13. The Morgan fingerprint density at radius 3 is 3.08 bits per heavy atom. The highest BCUT2D eigenvalue weighted by Crippen LogP contribution is 2.08. The molecule has 1 atom stereocenters. The van der Waals surface area contributed by atoms with E-state index < -0.39 is 0 Å². The second-order valence-electron chi connectivity index (χ2n) is 2.98. The van der Waals surface area contributed by atoms with Gasteiger partial charge in [0.05, 0.1) is 12.5 Å². The van der Waals surface area contributed by atoms with Gasteiger partial charge in [-0.15, -0.1) is 0 Å². The minimum atomic E-state index is 0.352. The maximum Gasteiger partial charge on any atom is 0.0935 e. The maximum atomic E-state index is 5.44. The third-order valence-corrected chi connectivity index (χ3v) is 2.61. The normalized spacial score (nSPS) is 13.1. The summed E-state index contributed by atoms with van der Waals surface area (Å²) in [5.41, 5.74) is 4.02. The Morgan fingerprint density at radius 2 is 2.54 bits per heavy atom. The molecule has 0 aliphatic heterocycles. The molecule has 0 saturated carbocycles. The molecule has 0 spiro atoms. The molecule has 1 rings (SSSR count). The van der Waals surface area contributed by atoms with Gasteiger partial charge in [0.15, 0.2) is 0 Å². The van der Waals surface area contributed by atoms with Gasteiger partial charge >= 0.3 is 0 Å². The third-order valence-electron chi connectivity index (χ3n) is 1.97. The first-order chi connectivity index (χ1) is 6.36. The Balaban J connectivity index is 2.31. The summed E-state index contributed by atoms with van der Waals surface area (Å²) in [6.45, 7) is 0. The molecule has 0 amide bonds. The highest BCUT2D eigenvalue weighted by atomic mass is 32.2. The van der Waals surface area contributed by atoms with Gasteiger partial charge in [0, 0.05) is 6.04 Å². The Morgan fingerprint density at radius 1 is 1.69 bits per heavy atom. The molecule has 0 aliphatic rings. The minimum absolute atomic E-state index is 0.352.